The van der Waals surface area contributed by atoms with Crippen molar-refractivity contribution in [3.8, 4) is 0 Å². The van der Waals surface area contributed by atoms with Crippen LogP contribution in [0.5, 0.6) is 0 Å². The SMILES string of the molecule is CCN([C@H]1CC[C@H](C(=O)OC)CC1)S(=O)(=O)c1cccc(C(=O)Nc2ccc(N3CCCCC3)cc2C(=O)Nc2ccc(CCc3ccc(C(=O)OC)cc3)nc2)c1. The highest BCUT2D eigenvalue weighted by molar-refractivity contribution is 7.89. The Morgan fingerprint density at radius 3 is 2.19 bits per heavy atom. The molecule has 0 radical (unpaired) electrons. The van der Waals surface area contributed by atoms with Crippen LogP contribution >= 0.6 is 0 Å². The molecule has 0 bridgehead atoms. The number of piperidine rings is 1. The maximum absolute atomic E-state index is 14.0. The zero-order valence-corrected chi connectivity index (χ0v) is 34.1. The van der Waals surface area contributed by atoms with E-state index >= 15 is 0 Å². The molecule has 1 aliphatic heterocycles. The van der Waals surface area contributed by atoms with Gasteiger partial charge in [-0.1, -0.05) is 25.1 Å². The number of nitrogens with zero attached hydrogens (tertiary/aromatic N) is 3. The monoisotopic (exact) mass is 809 g/mol. The minimum Gasteiger partial charge on any atom is -0.469 e. The molecule has 0 atom stereocenters. The van der Waals surface area contributed by atoms with Crippen molar-refractivity contribution >= 4 is 50.8 Å². The van der Waals surface area contributed by atoms with Gasteiger partial charge in [-0.25, -0.2) is 13.2 Å². The predicted molar refractivity (Wildman–Crippen MR) is 222 cm³/mol. The number of carbonyl (C=O) groups is 4. The van der Waals surface area contributed by atoms with Gasteiger partial charge in [-0.2, -0.15) is 4.31 Å². The number of nitrogens with one attached hydrogen (secondary N) is 2. The van der Waals surface area contributed by atoms with Crippen LogP contribution in [0.15, 0.2) is 90.0 Å². The lowest BCUT2D eigenvalue weighted by Gasteiger charge is -2.34. The van der Waals surface area contributed by atoms with E-state index in [9.17, 15) is 27.6 Å². The van der Waals surface area contributed by atoms with Gasteiger partial charge in [0.25, 0.3) is 11.8 Å². The van der Waals surface area contributed by atoms with Crippen LogP contribution in [0.2, 0.25) is 0 Å². The molecule has 0 spiro atoms. The van der Waals surface area contributed by atoms with E-state index in [0.717, 1.165) is 49.3 Å². The number of methoxy groups -OCH3 is 2. The number of hydrogen-bond donors (Lipinski definition) is 2. The number of pyridine rings is 1. The fourth-order valence-corrected chi connectivity index (χ4v) is 9.48. The summed E-state index contributed by atoms with van der Waals surface area (Å²) < 4.78 is 39.0. The second kappa shape index (κ2) is 19.2. The summed E-state index contributed by atoms with van der Waals surface area (Å²) >= 11 is 0. The Morgan fingerprint density at radius 1 is 0.793 bits per heavy atom. The first kappa shape index (κ1) is 42.0. The quantitative estimate of drug-likeness (QED) is 0.128. The van der Waals surface area contributed by atoms with Crippen molar-refractivity contribution < 1.29 is 37.1 Å². The molecule has 2 fully saturated rings. The summed E-state index contributed by atoms with van der Waals surface area (Å²) in [6, 6.07) is 21.9. The van der Waals surface area contributed by atoms with Crippen molar-refractivity contribution in [3.63, 3.8) is 0 Å². The molecule has 306 valence electrons. The van der Waals surface area contributed by atoms with E-state index in [2.05, 4.69) is 20.5 Å². The van der Waals surface area contributed by atoms with Crippen molar-refractivity contribution in [1.29, 1.82) is 0 Å². The minimum atomic E-state index is -3.98. The molecule has 1 aromatic heterocycles. The molecule has 0 unspecified atom stereocenters. The summed E-state index contributed by atoms with van der Waals surface area (Å²) in [5.41, 5.74) is 4.35. The van der Waals surface area contributed by atoms with Gasteiger partial charge in [0.15, 0.2) is 0 Å². The third-order valence-corrected chi connectivity index (χ3v) is 13.0. The van der Waals surface area contributed by atoms with Gasteiger partial charge >= 0.3 is 11.9 Å². The lowest BCUT2D eigenvalue weighted by atomic mass is 9.86. The second-order valence-corrected chi connectivity index (χ2v) is 16.6. The Kier molecular flexibility index (Phi) is 13.9. The maximum Gasteiger partial charge on any atom is 0.337 e. The first-order valence-corrected chi connectivity index (χ1v) is 21.3. The number of carbonyl (C=O) groups excluding carboxylic acids is 4. The third-order valence-electron chi connectivity index (χ3n) is 11.0. The van der Waals surface area contributed by atoms with Gasteiger partial charge in [-0.15, -0.1) is 0 Å². The van der Waals surface area contributed by atoms with Gasteiger partial charge in [0.05, 0.1) is 53.7 Å². The van der Waals surface area contributed by atoms with Crippen LogP contribution in [0.25, 0.3) is 0 Å². The van der Waals surface area contributed by atoms with E-state index in [4.69, 9.17) is 9.47 Å². The van der Waals surface area contributed by atoms with Crippen LogP contribution in [-0.2, 0) is 37.1 Å². The van der Waals surface area contributed by atoms with Crippen molar-refractivity contribution in [2.24, 2.45) is 5.92 Å². The highest BCUT2D eigenvalue weighted by Crippen LogP contribution is 2.32. The molecule has 13 nitrogen and oxygen atoms in total. The summed E-state index contributed by atoms with van der Waals surface area (Å²) in [7, 11) is -1.27. The summed E-state index contributed by atoms with van der Waals surface area (Å²) in [5.74, 6) is -1.90. The smallest absolute Gasteiger partial charge is 0.337 e. The second-order valence-electron chi connectivity index (χ2n) is 14.7. The third kappa shape index (κ3) is 10.1. The summed E-state index contributed by atoms with van der Waals surface area (Å²) in [6.07, 6.45) is 8.31. The fourth-order valence-electron chi connectivity index (χ4n) is 7.74. The molecule has 1 saturated carbocycles. The van der Waals surface area contributed by atoms with Crippen LogP contribution < -0.4 is 15.5 Å². The molecule has 4 aromatic rings. The van der Waals surface area contributed by atoms with Crippen LogP contribution in [-0.4, -0.2) is 81.4 Å². The summed E-state index contributed by atoms with van der Waals surface area (Å²) in [5, 5.41) is 5.80. The topological polar surface area (TPSA) is 164 Å². The van der Waals surface area contributed by atoms with Crippen LogP contribution in [0.3, 0.4) is 0 Å². The van der Waals surface area contributed by atoms with Crippen molar-refractivity contribution in [2.75, 3.05) is 49.4 Å². The number of aryl methyl sites for hydroxylation is 2. The zero-order chi connectivity index (χ0) is 41.2. The Hall–Kier alpha value is -5.60. The van der Waals surface area contributed by atoms with Crippen LogP contribution in [0.4, 0.5) is 17.1 Å². The van der Waals surface area contributed by atoms with Gasteiger partial charge in [-0.3, -0.25) is 19.4 Å². The van der Waals surface area contributed by atoms with E-state index in [1.165, 1.54) is 36.7 Å². The van der Waals surface area contributed by atoms with Crippen molar-refractivity contribution in [3.05, 3.63) is 113 Å². The number of ether oxygens (including phenoxy) is 2. The van der Waals surface area contributed by atoms with Crippen LogP contribution in [0, 0.1) is 5.92 Å². The zero-order valence-electron chi connectivity index (χ0n) is 33.2. The molecule has 6 rings (SSSR count). The molecular formula is C44H51N5O8S. The van der Waals surface area contributed by atoms with Gasteiger partial charge < -0.3 is 25.0 Å². The average molecular weight is 810 g/mol. The molecule has 2 amide bonds. The summed E-state index contributed by atoms with van der Waals surface area (Å²) in [6.45, 7) is 3.73. The highest BCUT2D eigenvalue weighted by Gasteiger charge is 2.35. The average Bonchev–Trinajstić information content (AvgIpc) is 3.26. The van der Waals surface area contributed by atoms with Gasteiger partial charge in [0, 0.05) is 42.6 Å². The maximum atomic E-state index is 14.0. The fraction of sp³-hybridized carbons (Fsp3) is 0.386. The Bertz CT molecular complexity index is 2200. The van der Waals surface area contributed by atoms with E-state index in [0.29, 0.717) is 49.8 Å². The predicted octanol–water partition coefficient (Wildman–Crippen LogP) is 6.89. The number of amides is 2. The number of aromatic nitrogens is 1. The van der Waals surface area contributed by atoms with E-state index in [1.807, 2.05) is 24.3 Å². The summed E-state index contributed by atoms with van der Waals surface area (Å²) in [4.78, 5) is 58.3. The standard InChI is InChI=1S/C44H51N5O8S/c1-4-49(36-21-16-32(17-22-36)44(53)57-3)58(54,55)38-10-8-9-33(27-38)41(50)47-40-24-23-37(48-25-6-5-7-26-48)28-39(40)42(51)46-35-20-19-34(45-29-35)18-13-30-11-14-31(15-12-30)43(52)56-2/h8-12,14-15,19-20,23-24,27-29,32,36H,4-7,13,16-18,21-22,25-26H2,1-3H3,(H,46,51)(H,47,50)/t32-,36-. The Balaban J connectivity index is 1.16. The largest absolute Gasteiger partial charge is 0.469 e. The molecule has 14 heteroatoms. The normalized spacial score (nSPS) is 17.0. The molecule has 3 aromatic carbocycles. The first-order valence-electron chi connectivity index (χ1n) is 19.8. The number of sulfonamides is 1. The van der Waals surface area contributed by atoms with E-state index in [-0.39, 0.29) is 52.2 Å². The minimum absolute atomic E-state index is 0.0112. The Labute approximate surface area is 340 Å². The molecular weight excluding hydrogens is 759 g/mol. The van der Waals surface area contributed by atoms with Crippen molar-refractivity contribution in [2.45, 2.75) is 75.6 Å². The molecule has 1 aliphatic carbocycles. The highest BCUT2D eigenvalue weighted by atomic mass is 32.2. The number of anilines is 3. The number of benzene rings is 3. The molecule has 1 saturated heterocycles. The first-order chi connectivity index (χ1) is 28.0. The molecule has 2 N–H and O–H groups in total. The number of hydrogen-bond acceptors (Lipinski definition) is 10. The lowest BCUT2D eigenvalue weighted by molar-refractivity contribution is -0.146. The number of rotatable bonds is 14. The van der Waals surface area contributed by atoms with Gasteiger partial charge in [0.2, 0.25) is 10.0 Å². The number of esters is 2. The molecule has 58 heavy (non-hydrogen) atoms. The molecule has 2 heterocycles. The van der Waals surface area contributed by atoms with E-state index < -0.39 is 21.8 Å². The molecule has 2 aliphatic rings. The van der Waals surface area contributed by atoms with Gasteiger partial charge in [-0.05, 0) is 124 Å². The Morgan fingerprint density at radius 2 is 1.53 bits per heavy atom. The van der Waals surface area contributed by atoms with E-state index in [1.54, 1.807) is 49.5 Å². The van der Waals surface area contributed by atoms with Crippen molar-refractivity contribution in [1.82, 2.24) is 9.29 Å². The van der Waals surface area contributed by atoms with Crippen LogP contribution in [0.1, 0.15) is 94.2 Å². The van der Waals surface area contributed by atoms with Gasteiger partial charge in [0.1, 0.15) is 0 Å². The lowest BCUT2D eigenvalue weighted by Crippen LogP contribution is -2.43.